The van der Waals surface area contributed by atoms with Crippen molar-refractivity contribution >= 4 is 21.7 Å². The molecule has 18 heavy (non-hydrogen) atoms. The summed E-state index contributed by atoms with van der Waals surface area (Å²) in [5.41, 5.74) is 0.776. The van der Waals surface area contributed by atoms with Crippen LogP contribution in [0.25, 0.3) is 0 Å². The summed E-state index contributed by atoms with van der Waals surface area (Å²) in [4.78, 5) is 14.3. The minimum Gasteiger partial charge on any atom is -0.376 e. The van der Waals surface area contributed by atoms with E-state index in [0.717, 1.165) is 36.2 Å². The van der Waals surface area contributed by atoms with E-state index in [9.17, 15) is 4.79 Å². The molecule has 1 aromatic rings. The topological polar surface area (TPSA) is 29.5 Å². The lowest BCUT2D eigenvalue weighted by atomic mass is 10.1. The molecule has 0 bridgehead atoms. The van der Waals surface area contributed by atoms with E-state index in [1.807, 2.05) is 24.3 Å². The van der Waals surface area contributed by atoms with E-state index in [2.05, 4.69) is 27.8 Å². The number of hydrogen-bond acceptors (Lipinski definition) is 3. The summed E-state index contributed by atoms with van der Waals surface area (Å²) in [5, 5.41) is 0. The second-order valence-electron chi connectivity index (χ2n) is 4.57. The Bertz CT molecular complexity index is 405. The average Bonchev–Trinajstić information content (AvgIpc) is 2.39. The van der Waals surface area contributed by atoms with Crippen molar-refractivity contribution < 1.29 is 9.53 Å². The van der Waals surface area contributed by atoms with E-state index in [1.54, 1.807) is 0 Å². The van der Waals surface area contributed by atoms with Crippen molar-refractivity contribution in [1.82, 2.24) is 4.90 Å². The van der Waals surface area contributed by atoms with E-state index in [0.29, 0.717) is 6.54 Å². The first kappa shape index (κ1) is 13.7. The first-order valence-electron chi connectivity index (χ1n) is 6.31. The average molecular weight is 312 g/mol. The van der Waals surface area contributed by atoms with Crippen LogP contribution in [-0.2, 0) is 4.74 Å². The molecule has 1 saturated heterocycles. The molecule has 1 heterocycles. The van der Waals surface area contributed by atoms with Crippen LogP contribution in [0.5, 0.6) is 0 Å². The fourth-order valence-corrected chi connectivity index (χ4v) is 2.37. The number of nitrogens with zero attached hydrogens (tertiary/aromatic N) is 1. The van der Waals surface area contributed by atoms with Crippen LogP contribution in [0, 0.1) is 0 Å². The molecule has 0 N–H and O–H groups in total. The second kappa shape index (κ2) is 6.45. The number of carbonyl (C=O) groups is 1. The van der Waals surface area contributed by atoms with Crippen molar-refractivity contribution in [2.24, 2.45) is 0 Å². The van der Waals surface area contributed by atoms with Crippen molar-refractivity contribution in [3.63, 3.8) is 0 Å². The van der Waals surface area contributed by atoms with Crippen molar-refractivity contribution in [2.45, 2.75) is 19.4 Å². The van der Waals surface area contributed by atoms with Gasteiger partial charge in [-0.3, -0.25) is 9.69 Å². The number of ether oxygens (including phenoxy) is 1. The number of hydrogen-bond donors (Lipinski definition) is 0. The first-order chi connectivity index (χ1) is 8.69. The van der Waals surface area contributed by atoms with Crippen molar-refractivity contribution in [2.75, 3.05) is 26.2 Å². The third-order valence-corrected chi connectivity index (χ3v) is 3.74. The lowest BCUT2D eigenvalue weighted by Crippen LogP contribution is -2.44. The molecule has 0 aliphatic carbocycles. The van der Waals surface area contributed by atoms with Crippen LogP contribution in [0.4, 0.5) is 0 Å². The molecule has 0 saturated carbocycles. The van der Waals surface area contributed by atoms with Gasteiger partial charge in [0.1, 0.15) is 0 Å². The number of ketones is 1. The van der Waals surface area contributed by atoms with Gasteiger partial charge in [-0.2, -0.15) is 0 Å². The highest BCUT2D eigenvalue weighted by molar-refractivity contribution is 9.10. The van der Waals surface area contributed by atoms with Gasteiger partial charge in [0.25, 0.3) is 0 Å². The molecular weight excluding hydrogens is 294 g/mol. The molecular formula is C14H18BrNO2. The Labute approximate surface area is 116 Å². The Balaban J connectivity index is 1.92. The zero-order chi connectivity index (χ0) is 13.0. The summed E-state index contributed by atoms with van der Waals surface area (Å²) in [5.74, 6) is 0.180. The molecule has 1 aromatic carbocycles. The van der Waals surface area contributed by atoms with E-state index in [4.69, 9.17) is 4.74 Å². The van der Waals surface area contributed by atoms with E-state index < -0.39 is 0 Å². The Kier molecular flexibility index (Phi) is 4.92. The van der Waals surface area contributed by atoms with Gasteiger partial charge < -0.3 is 4.74 Å². The van der Waals surface area contributed by atoms with Crippen LogP contribution in [0.15, 0.2) is 28.7 Å². The zero-order valence-corrected chi connectivity index (χ0v) is 12.1. The number of halogens is 1. The van der Waals surface area contributed by atoms with Gasteiger partial charge in [-0.25, -0.2) is 0 Å². The van der Waals surface area contributed by atoms with Gasteiger partial charge in [0.15, 0.2) is 5.78 Å². The predicted molar refractivity (Wildman–Crippen MR) is 74.9 cm³/mol. The standard InChI is InChI=1S/C14H18BrNO2/c1-2-13-9-16(7-8-18-13)10-14(17)11-3-5-12(15)6-4-11/h3-6,13H,2,7-10H2,1H3/t13-/m1/s1. The molecule has 0 radical (unpaired) electrons. The molecule has 1 aliphatic rings. The summed E-state index contributed by atoms with van der Waals surface area (Å²) >= 11 is 3.37. The lowest BCUT2D eigenvalue weighted by Gasteiger charge is -2.31. The lowest BCUT2D eigenvalue weighted by molar-refractivity contribution is -0.0271. The molecule has 1 aliphatic heterocycles. The number of Topliss-reactive ketones (excluding diaryl/α,β-unsaturated/α-hetero) is 1. The Morgan fingerprint density at radius 1 is 1.44 bits per heavy atom. The third-order valence-electron chi connectivity index (χ3n) is 3.21. The molecule has 0 unspecified atom stereocenters. The number of rotatable bonds is 4. The van der Waals surface area contributed by atoms with Crippen molar-refractivity contribution in [3.05, 3.63) is 34.3 Å². The van der Waals surface area contributed by atoms with Crippen molar-refractivity contribution in [3.8, 4) is 0 Å². The molecule has 2 rings (SSSR count). The fourth-order valence-electron chi connectivity index (χ4n) is 2.10. The quantitative estimate of drug-likeness (QED) is 0.801. The normalized spacial score (nSPS) is 20.9. The molecule has 4 heteroatoms. The van der Waals surface area contributed by atoms with Crippen LogP contribution in [0.3, 0.4) is 0 Å². The minimum absolute atomic E-state index is 0.180. The maximum absolute atomic E-state index is 12.1. The largest absolute Gasteiger partial charge is 0.376 e. The van der Waals surface area contributed by atoms with Crippen LogP contribution in [0.1, 0.15) is 23.7 Å². The summed E-state index contributed by atoms with van der Waals surface area (Å²) in [7, 11) is 0. The van der Waals surface area contributed by atoms with E-state index >= 15 is 0 Å². The van der Waals surface area contributed by atoms with E-state index in [-0.39, 0.29) is 11.9 Å². The van der Waals surface area contributed by atoms with E-state index in [1.165, 1.54) is 0 Å². The summed E-state index contributed by atoms with van der Waals surface area (Å²) in [6.07, 6.45) is 1.28. The Morgan fingerprint density at radius 3 is 2.83 bits per heavy atom. The first-order valence-corrected chi connectivity index (χ1v) is 7.11. The van der Waals surface area contributed by atoms with Crippen molar-refractivity contribution in [1.29, 1.82) is 0 Å². The number of benzene rings is 1. The van der Waals surface area contributed by atoms with Crippen LogP contribution in [0.2, 0.25) is 0 Å². The number of morpholine rings is 1. The van der Waals surface area contributed by atoms with Crippen LogP contribution >= 0.6 is 15.9 Å². The summed E-state index contributed by atoms with van der Waals surface area (Å²) in [6, 6.07) is 7.54. The molecule has 1 fully saturated rings. The minimum atomic E-state index is 0.180. The smallest absolute Gasteiger partial charge is 0.176 e. The molecule has 98 valence electrons. The van der Waals surface area contributed by atoms with Gasteiger partial charge in [-0.1, -0.05) is 35.0 Å². The Hall–Kier alpha value is -0.710. The van der Waals surface area contributed by atoms with Gasteiger partial charge in [0.05, 0.1) is 19.3 Å². The fraction of sp³-hybridized carbons (Fsp3) is 0.500. The maximum atomic E-state index is 12.1. The molecule has 1 atom stereocenters. The summed E-state index contributed by atoms with van der Waals surface area (Å²) in [6.45, 7) is 5.04. The predicted octanol–water partition coefficient (Wildman–Crippen LogP) is 2.74. The molecule has 0 spiro atoms. The summed E-state index contributed by atoms with van der Waals surface area (Å²) < 4.78 is 6.60. The molecule has 3 nitrogen and oxygen atoms in total. The van der Waals surface area contributed by atoms with Crippen LogP contribution < -0.4 is 0 Å². The highest BCUT2D eigenvalue weighted by Crippen LogP contribution is 2.13. The monoisotopic (exact) mass is 311 g/mol. The van der Waals surface area contributed by atoms with Gasteiger partial charge in [-0.05, 0) is 18.6 Å². The zero-order valence-electron chi connectivity index (χ0n) is 10.6. The maximum Gasteiger partial charge on any atom is 0.176 e. The SMILES string of the molecule is CC[C@@H]1CN(CC(=O)c2ccc(Br)cc2)CCO1. The van der Waals surface area contributed by atoms with Crippen LogP contribution in [-0.4, -0.2) is 43.0 Å². The Morgan fingerprint density at radius 2 is 2.17 bits per heavy atom. The van der Waals surface area contributed by atoms with Gasteiger partial charge in [-0.15, -0.1) is 0 Å². The van der Waals surface area contributed by atoms with Gasteiger partial charge >= 0.3 is 0 Å². The van der Waals surface area contributed by atoms with Gasteiger partial charge in [0, 0.05) is 23.1 Å². The highest BCUT2D eigenvalue weighted by atomic mass is 79.9. The molecule has 0 aromatic heterocycles. The third kappa shape index (κ3) is 3.64. The van der Waals surface area contributed by atoms with Gasteiger partial charge in [0.2, 0.25) is 0 Å². The number of carbonyl (C=O) groups excluding carboxylic acids is 1. The highest BCUT2D eigenvalue weighted by Gasteiger charge is 2.21. The molecule has 0 amide bonds. The second-order valence-corrected chi connectivity index (χ2v) is 5.48.